The van der Waals surface area contributed by atoms with Gasteiger partial charge in [0, 0.05) is 121 Å². The van der Waals surface area contributed by atoms with Crippen molar-refractivity contribution in [2.75, 3.05) is 81.8 Å². The van der Waals surface area contributed by atoms with E-state index >= 15 is 0 Å². The largest absolute Gasteiger partial charge is 0.328 e. The topological polar surface area (TPSA) is 249 Å². The van der Waals surface area contributed by atoms with Crippen LogP contribution in [0.5, 0.6) is 0 Å². The van der Waals surface area contributed by atoms with Crippen LogP contribution >= 0.6 is 46.4 Å². The van der Waals surface area contributed by atoms with Gasteiger partial charge in [-0.3, -0.25) is 32.5 Å². The van der Waals surface area contributed by atoms with Crippen LogP contribution in [0.25, 0.3) is 39.5 Å². The van der Waals surface area contributed by atoms with Crippen LogP contribution in [0, 0.1) is 19.8 Å². The number of piperidine rings is 1. The summed E-state index contributed by atoms with van der Waals surface area (Å²) in [7, 11) is 7.20. The molecule has 12 heterocycles. The van der Waals surface area contributed by atoms with E-state index < -0.39 is 10.8 Å². The molecule has 11 aromatic heterocycles. The quantitative estimate of drug-likeness (QED) is 0.0446. The molecule has 418 valence electrons. The first-order valence-corrected chi connectivity index (χ1v) is 30.9. The second-order valence-electron chi connectivity index (χ2n) is 19.9. The molecule has 0 aromatic carbocycles. The minimum Gasteiger partial charge on any atom is -0.328 e. The lowest BCUT2D eigenvalue weighted by Crippen LogP contribution is -2.33. The Hall–Kier alpha value is -7.05. The molecule has 1 fully saturated rings. The van der Waals surface area contributed by atoms with Gasteiger partial charge in [-0.2, -0.15) is 35.1 Å². The van der Waals surface area contributed by atoms with E-state index in [4.69, 9.17) is 0 Å². The molecule has 2 unspecified atom stereocenters. The van der Waals surface area contributed by atoms with Crippen molar-refractivity contribution in [2.45, 2.75) is 51.7 Å². The zero-order valence-corrected chi connectivity index (χ0v) is 49.7. The molecular formula is C52H64N22OS5. The predicted molar refractivity (Wildman–Crippen MR) is 323 cm³/mol. The van der Waals surface area contributed by atoms with Crippen molar-refractivity contribution in [3.8, 4) is 22.5 Å². The number of imidazole rings is 3. The molecule has 80 heavy (non-hydrogen) atoms. The Labute approximate surface area is 482 Å². The number of aromatic nitrogens is 16. The van der Waals surface area contributed by atoms with E-state index in [2.05, 4.69) is 127 Å². The van der Waals surface area contributed by atoms with Crippen LogP contribution in [0.15, 0.2) is 92.6 Å². The molecule has 12 rings (SSSR count). The number of thioether (sulfide) groups is 1. The van der Waals surface area contributed by atoms with Gasteiger partial charge in [0.05, 0.1) is 64.7 Å². The summed E-state index contributed by atoms with van der Waals surface area (Å²) in [5.74, 6) is 6.03. The van der Waals surface area contributed by atoms with Crippen LogP contribution in [0.2, 0.25) is 0 Å². The van der Waals surface area contributed by atoms with Crippen molar-refractivity contribution in [1.82, 2.24) is 91.3 Å². The van der Waals surface area contributed by atoms with E-state index in [1.54, 1.807) is 31.0 Å². The van der Waals surface area contributed by atoms with Gasteiger partial charge in [-0.25, -0.2) is 29.9 Å². The first kappa shape index (κ1) is 56.2. The van der Waals surface area contributed by atoms with Gasteiger partial charge in [-0.05, 0) is 120 Å². The molecule has 1 aliphatic rings. The third-order valence-corrected chi connectivity index (χ3v) is 17.2. The molecule has 1 aliphatic heterocycles. The summed E-state index contributed by atoms with van der Waals surface area (Å²) in [5, 5.41) is 26.5. The Balaban J connectivity index is 0.000000135. The van der Waals surface area contributed by atoms with Gasteiger partial charge in [-0.1, -0.05) is 6.92 Å². The summed E-state index contributed by atoms with van der Waals surface area (Å²) < 4.78 is 31.8. The first-order valence-electron chi connectivity index (χ1n) is 25.9. The second-order valence-corrected chi connectivity index (χ2v) is 25.0. The molecule has 0 spiro atoms. The van der Waals surface area contributed by atoms with Crippen molar-refractivity contribution < 1.29 is 4.21 Å². The molecule has 0 radical (unpaired) electrons. The lowest BCUT2D eigenvalue weighted by molar-refractivity contribution is 0.175. The van der Waals surface area contributed by atoms with Crippen LogP contribution in [0.1, 0.15) is 48.2 Å². The van der Waals surface area contributed by atoms with Crippen LogP contribution in [0.4, 0.5) is 32.5 Å². The fourth-order valence-corrected chi connectivity index (χ4v) is 13.1. The fourth-order valence-electron chi connectivity index (χ4n) is 8.81. The smallest absolute Gasteiger partial charge is 0.180 e. The number of nitrogens with one attached hydrogen (secondary N) is 5. The molecule has 11 aromatic rings. The van der Waals surface area contributed by atoms with E-state index in [1.807, 2.05) is 103 Å². The van der Waals surface area contributed by atoms with Crippen molar-refractivity contribution in [3.63, 3.8) is 0 Å². The molecule has 0 bridgehead atoms. The number of H-pyrrole nitrogens is 2. The number of aryl methyl sites for hydroxylation is 2. The van der Waals surface area contributed by atoms with Crippen LogP contribution in [-0.4, -0.2) is 161 Å². The minimum absolute atomic E-state index is 0.456. The second kappa shape index (κ2) is 26.5. The zero-order valence-electron chi connectivity index (χ0n) is 45.6. The molecule has 23 nitrogen and oxygen atoms in total. The summed E-state index contributed by atoms with van der Waals surface area (Å²) in [6.07, 6.45) is 24.6. The van der Waals surface area contributed by atoms with Crippen molar-refractivity contribution in [2.24, 2.45) is 5.92 Å². The number of nitrogens with zero attached hydrogens (tertiary/aromatic N) is 17. The van der Waals surface area contributed by atoms with Gasteiger partial charge in [0.15, 0.2) is 34.4 Å². The Morgan fingerprint density at radius 3 is 1.86 bits per heavy atom. The van der Waals surface area contributed by atoms with E-state index in [0.29, 0.717) is 28.8 Å². The third-order valence-electron chi connectivity index (χ3n) is 12.8. The standard InChI is InChI=1S/C18H24N6S.C17H20N8OS2.C17H20N8S2/c1-12-5-4-6-23(9-12)11-15-7-16(25-22-15)21-17-18-19-8-14(3)24(18)10-13(2)20-17;1-24(2)5-6-28(26)11-13-7-15(27-23-13)22-16-17-19-10-14(12-8-20-21-9-12)25(17)4-3-18-16;1-24(2)5-6-26-11-13-7-15(27-23-13)22-16-17-19-10-14(12-8-20-21-9-12)25(17)4-3-18-16/h7-8,10,12H,4-6,9,11H2,1-3H3,(H,20,21);3-4,7-10H,5-6,11H2,1-2H3,(H,18,22)(H,20,21);3-4,7-10H,5-6,11H2,1-2H3,(H,18,22)(H,20,21). The number of fused-ring (bicyclic) bond motifs is 3. The van der Waals surface area contributed by atoms with Gasteiger partial charge in [0.2, 0.25) is 0 Å². The summed E-state index contributed by atoms with van der Waals surface area (Å²) in [6.45, 7) is 11.5. The Morgan fingerprint density at radius 2 is 1.26 bits per heavy atom. The summed E-state index contributed by atoms with van der Waals surface area (Å²) >= 11 is 6.15. The molecular weight excluding hydrogens is 1110 g/mol. The monoisotopic (exact) mass is 1170 g/mol. The van der Waals surface area contributed by atoms with E-state index in [1.165, 1.54) is 60.5 Å². The zero-order chi connectivity index (χ0) is 55.5. The van der Waals surface area contributed by atoms with Gasteiger partial charge < -0.3 is 25.8 Å². The van der Waals surface area contributed by atoms with Crippen LogP contribution in [0.3, 0.4) is 0 Å². The molecule has 0 saturated carbocycles. The lowest BCUT2D eigenvalue weighted by Gasteiger charge is -2.30. The van der Waals surface area contributed by atoms with Gasteiger partial charge in [0.25, 0.3) is 0 Å². The molecule has 1 saturated heterocycles. The van der Waals surface area contributed by atoms with Crippen LogP contribution in [-0.2, 0) is 28.9 Å². The average molecular weight is 1170 g/mol. The maximum Gasteiger partial charge on any atom is 0.180 e. The number of rotatable bonds is 20. The number of anilines is 6. The van der Waals surface area contributed by atoms with Crippen molar-refractivity contribution in [3.05, 3.63) is 121 Å². The number of likely N-dealkylation sites (tertiary alicyclic amines) is 1. The highest BCUT2D eigenvalue weighted by atomic mass is 32.2. The van der Waals surface area contributed by atoms with Gasteiger partial charge in [-0.15, -0.1) is 0 Å². The van der Waals surface area contributed by atoms with E-state index in [0.717, 1.165) is 120 Å². The summed E-state index contributed by atoms with van der Waals surface area (Å²) in [4.78, 5) is 33.7. The molecule has 5 N–H and O–H groups in total. The number of hydrogen-bond acceptors (Lipinski definition) is 22. The molecule has 0 aliphatic carbocycles. The summed E-state index contributed by atoms with van der Waals surface area (Å²) in [5.41, 5.74) is 11.2. The maximum absolute atomic E-state index is 12.2. The SMILES string of the molecule is CN(C)CCS(=O)Cc1cc(Nc2nccn3c(-c4cn[nH]c4)cnc23)sn1.CN(C)CCSCc1cc(Nc2nccn3c(-c4cn[nH]c4)cnc23)sn1.Cc1cn2c(C)cnc2c(Nc2cc(CN3CCCC(C)C3)ns2)n1. The Bertz CT molecular complexity index is 3740. The van der Waals surface area contributed by atoms with Crippen molar-refractivity contribution >= 4 is 107 Å². The summed E-state index contributed by atoms with van der Waals surface area (Å²) in [6, 6.07) is 6.14. The predicted octanol–water partition coefficient (Wildman–Crippen LogP) is 9.02. The van der Waals surface area contributed by atoms with Crippen LogP contribution < -0.4 is 16.0 Å². The van der Waals surface area contributed by atoms with E-state index in [9.17, 15) is 4.21 Å². The maximum atomic E-state index is 12.2. The molecule has 28 heteroatoms. The van der Waals surface area contributed by atoms with Crippen molar-refractivity contribution in [1.29, 1.82) is 0 Å². The average Bonchev–Trinajstić information content (AvgIpc) is 4.50. The van der Waals surface area contributed by atoms with Gasteiger partial charge in [0.1, 0.15) is 15.0 Å². The fraction of sp³-hybridized carbons (Fsp3) is 0.365. The highest BCUT2D eigenvalue weighted by molar-refractivity contribution is 7.98. The first-order chi connectivity index (χ1) is 38.9. The lowest BCUT2D eigenvalue weighted by atomic mass is 10.0. The Morgan fingerprint density at radius 1 is 0.700 bits per heavy atom. The highest BCUT2D eigenvalue weighted by Gasteiger charge is 2.19. The molecule has 2 atom stereocenters. The normalized spacial score (nSPS) is 14.2. The number of aromatic amines is 2. The Kier molecular flexibility index (Phi) is 18.6. The molecule has 0 amide bonds. The van der Waals surface area contributed by atoms with Gasteiger partial charge >= 0.3 is 0 Å². The highest BCUT2D eigenvalue weighted by Crippen LogP contribution is 2.30. The van der Waals surface area contributed by atoms with E-state index in [-0.39, 0.29) is 0 Å². The number of hydrogen-bond donors (Lipinski definition) is 5. The minimum atomic E-state index is -0.927. The third kappa shape index (κ3) is 14.5.